The molecule has 3 N–H and O–H groups in total. The van der Waals surface area contributed by atoms with Gasteiger partial charge in [0.2, 0.25) is 0 Å². The Balaban J connectivity index is 1.66. The van der Waals surface area contributed by atoms with Gasteiger partial charge in [-0.25, -0.2) is 9.97 Å². The molecule has 3 aromatic rings. The highest BCUT2D eigenvalue weighted by Crippen LogP contribution is 2.37. The van der Waals surface area contributed by atoms with Gasteiger partial charge in [-0.05, 0) is 55.0 Å². The predicted molar refractivity (Wildman–Crippen MR) is 119 cm³/mol. The molecule has 2 aromatic heterocycles. The van der Waals surface area contributed by atoms with Gasteiger partial charge in [0.1, 0.15) is 11.5 Å². The molecular weight excluding hydrogens is 504 g/mol. The molecule has 6 nitrogen and oxygen atoms in total. The van der Waals surface area contributed by atoms with E-state index in [1.807, 2.05) is 0 Å². The number of hydrogen-bond acceptors (Lipinski definition) is 5. The molecule has 0 saturated carbocycles. The summed E-state index contributed by atoms with van der Waals surface area (Å²) in [6, 6.07) is 3.35. The first-order valence-electron chi connectivity index (χ1n) is 9.35. The number of hydrogen-bond donors (Lipinski definition) is 3. The van der Waals surface area contributed by atoms with E-state index in [-0.39, 0.29) is 28.3 Å². The van der Waals surface area contributed by atoms with Gasteiger partial charge in [-0.2, -0.15) is 26.3 Å². The zero-order valence-corrected chi connectivity index (χ0v) is 18.7. The van der Waals surface area contributed by atoms with Gasteiger partial charge in [-0.3, -0.25) is 4.79 Å². The van der Waals surface area contributed by atoms with E-state index in [0.29, 0.717) is 17.8 Å². The molecule has 1 aromatic carbocycles. The maximum atomic E-state index is 13.1. The maximum absolute atomic E-state index is 13.1. The summed E-state index contributed by atoms with van der Waals surface area (Å²) < 4.78 is 78.5. The third kappa shape index (κ3) is 6.63. The Morgan fingerprint density at radius 1 is 1.00 bits per heavy atom. The first kappa shape index (κ1) is 25.4. The van der Waals surface area contributed by atoms with Gasteiger partial charge in [0, 0.05) is 5.38 Å². The van der Waals surface area contributed by atoms with Crippen molar-refractivity contribution in [2.45, 2.75) is 25.3 Å². The van der Waals surface area contributed by atoms with Crippen LogP contribution in [0.4, 0.5) is 37.8 Å². The van der Waals surface area contributed by atoms with Gasteiger partial charge in [0.25, 0.3) is 5.91 Å². The first-order chi connectivity index (χ1) is 15.8. The molecule has 0 bridgehead atoms. The van der Waals surface area contributed by atoms with Gasteiger partial charge in [-0.15, -0.1) is 11.3 Å². The van der Waals surface area contributed by atoms with Crippen LogP contribution < -0.4 is 16.0 Å². The summed E-state index contributed by atoms with van der Waals surface area (Å²) in [5.74, 6) is -0.209. The topological polar surface area (TPSA) is 78.9 Å². The average Bonchev–Trinajstić information content (AvgIpc) is 3.28. The standard InChI is InChI=1S/C20H15F6N5OS2/c1-10(11-4-12(19(21,22)23)6-13(5-11)20(24,25)26)29-18(33)30-14-2-3-16(27-7-14)31-17(32)15-8-34-9-28-15/h2-10H,1H3,(H,27,31,32)(H2,29,30,33)/t10-/m1/s1. The number of anilines is 2. The molecule has 1 atom stereocenters. The number of benzene rings is 1. The Labute approximate surface area is 198 Å². The summed E-state index contributed by atoms with van der Waals surface area (Å²) in [7, 11) is 0. The number of aromatic nitrogens is 2. The number of thiocarbonyl (C=S) groups is 1. The third-order valence-corrected chi connectivity index (χ3v) is 5.19. The van der Waals surface area contributed by atoms with Crippen molar-refractivity contribution in [1.29, 1.82) is 0 Å². The summed E-state index contributed by atoms with van der Waals surface area (Å²) in [5.41, 5.74) is -0.959. The van der Waals surface area contributed by atoms with E-state index in [0.717, 1.165) is 0 Å². The van der Waals surface area contributed by atoms with Crippen LogP contribution in [-0.2, 0) is 12.4 Å². The molecule has 0 spiro atoms. The van der Waals surface area contributed by atoms with Crippen molar-refractivity contribution in [1.82, 2.24) is 15.3 Å². The van der Waals surface area contributed by atoms with Crippen LogP contribution in [0.2, 0.25) is 0 Å². The molecule has 0 aliphatic heterocycles. The predicted octanol–water partition coefficient (Wildman–Crippen LogP) is 5.88. The van der Waals surface area contributed by atoms with Crippen LogP contribution in [0.5, 0.6) is 0 Å². The van der Waals surface area contributed by atoms with Crippen molar-refractivity contribution >= 4 is 46.1 Å². The van der Waals surface area contributed by atoms with Crippen LogP contribution >= 0.6 is 23.6 Å². The van der Waals surface area contributed by atoms with Crippen molar-refractivity contribution in [2.24, 2.45) is 0 Å². The Kier molecular flexibility index (Phi) is 7.41. The van der Waals surface area contributed by atoms with Crippen LogP contribution in [0, 0.1) is 0 Å². The Morgan fingerprint density at radius 3 is 2.15 bits per heavy atom. The lowest BCUT2D eigenvalue weighted by atomic mass is 10.0. The zero-order valence-electron chi connectivity index (χ0n) is 17.1. The summed E-state index contributed by atoms with van der Waals surface area (Å²) in [5, 5.41) is 9.44. The summed E-state index contributed by atoms with van der Waals surface area (Å²) in [4.78, 5) is 19.9. The highest BCUT2D eigenvalue weighted by atomic mass is 32.1. The molecule has 14 heteroatoms. The fourth-order valence-electron chi connectivity index (χ4n) is 2.72. The lowest BCUT2D eigenvalue weighted by molar-refractivity contribution is -0.143. The average molecular weight is 519 g/mol. The van der Waals surface area contributed by atoms with Crippen LogP contribution in [0.15, 0.2) is 47.4 Å². The van der Waals surface area contributed by atoms with Crippen LogP contribution in [0.3, 0.4) is 0 Å². The molecule has 1 amide bonds. The van der Waals surface area contributed by atoms with Crippen LogP contribution in [-0.4, -0.2) is 21.0 Å². The summed E-state index contributed by atoms with van der Waals surface area (Å²) >= 11 is 6.37. The number of carbonyl (C=O) groups is 1. The molecule has 180 valence electrons. The summed E-state index contributed by atoms with van der Waals surface area (Å²) in [6.07, 6.45) is -8.56. The summed E-state index contributed by atoms with van der Waals surface area (Å²) in [6.45, 7) is 1.37. The highest BCUT2D eigenvalue weighted by Gasteiger charge is 2.37. The number of rotatable bonds is 5. The molecule has 0 unspecified atom stereocenters. The van der Waals surface area contributed by atoms with E-state index in [1.165, 1.54) is 42.1 Å². The minimum Gasteiger partial charge on any atom is -0.356 e. The third-order valence-electron chi connectivity index (χ3n) is 4.39. The lowest BCUT2D eigenvalue weighted by Crippen LogP contribution is -2.31. The fraction of sp³-hybridized carbons (Fsp3) is 0.200. The Morgan fingerprint density at radius 2 is 1.65 bits per heavy atom. The van der Waals surface area contributed by atoms with E-state index < -0.39 is 35.4 Å². The molecule has 34 heavy (non-hydrogen) atoms. The number of nitrogens with zero attached hydrogens (tertiary/aromatic N) is 2. The van der Waals surface area contributed by atoms with E-state index in [4.69, 9.17) is 12.2 Å². The quantitative estimate of drug-likeness (QED) is 0.289. The minimum absolute atomic E-state index is 0.0560. The van der Waals surface area contributed by atoms with Crippen molar-refractivity contribution in [3.63, 3.8) is 0 Å². The number of alkyl halides is 6. The number of pyridine rings is 1. The monoisotopic (exact) mass is 519 g/mol. The van der Waals surface area contributed by atoms with Crippen LogP contribution in [0.1, 0.15) is 40.1 Å². The number of amides is 1. The number of nitrogens with one attached hydrogen (secondary N) is 3. The van der Waals surface area contributed by atoms with Gasteiger partial charge in [0.15, 0.2) is 5.11 Å². The largest absolute Gasteiger partial charge is 0.416 e. The zero-order chi connectivity index (χ0) is 25.1. The number of carbonyl (C=O) groups excluding carboxylic acids is 1. The molecule has 0 fully saturated rings. The SMILES string of the molecule is C[C@@H](NC(=S)Nc1ccc(NC(=O)c2cscn2)nc1)c1cc(C(F)(F)F)cc(C(F)(F)F)c1. The Bertz CT molecular complexity index is 1130. The van der Waals surface area contributed by atoms with E-state index in [1.54, 1.807) is 5.38 Å². The molecule has 0 radical (unpaired) electrons. The van der Waals surface area contributed by atoms with Crippen molar-refractivity contribution in [3.05, 3.63) is 69.8 Å². The number of halogens is 6. The maximum Gasteiger partial charge on any atom is 0.416 e. The second kappa shape index (κ2) is 9.93. The molecule has 3 rings (SSSR count). The molecule has 0 aliphatic carbocycles. The van der Waals surface area contributed by atoms with Crippen LogP contribution in [0.25, 0.3) is 0 Å². The second-order valence-corrected chi connectivity index (χ2v) is 8.05. The minimum atomic E-state index is -4.95. The van der Waals surface area contributed by atoms with E-state index in [2.05, 4.69) is 25.9 Å². The Hall–Kier alpha value is -3.26. The van der Waals surface area contributed by atoms with Gasteiger partial charge < -0.3 is 16.0 Å². The van der Waals surface area contributed by atoms with E-state index in [9.17, 15) is 31.1 Å². The molecular formula is C20H15F6N5OS2. The van der Waals surface area contributed by atoms with Crippen molar-refractivity contribution < 1.29 is 31.1 Å². The number of thiazole rings is 1. The second-order valence-electron chi connectivity index (χ2n) is 6.92. The van der Waals surface area contributed by atoms with Gasteiger partial charge in [0.05, 0.1) is 34.6 Å². The normalized spacial score (nSPS) is 12.7. The molecule has 0 saturated heterocycles. The smallest absolute Gasteiger partial charge is 0.356 e. The van der Waals surface area contributed by atoms with Gasteiger partial charge in [-0.1, -0.05) is 0 Å². The first-order valence-corrected chi connectivity index (χ1v) is 10.7. The van der Waals surface area contributed by atoms with Crippen molar-refractivity contribution in [3.8, 4) is 0 Å². The van der Waals surface area contributed by atoms with Crippen molar-refractivity contribution in [2.75, 3.05) is 10.6 Å². The van der Waals surface area contributed by atoms with E-state index >= 15 is 0 Å². The lowest BCUT2D eigenvalue weighted by Gasteiger charge is -2.20. The van der Waals surface area contributed by atoms with Gasteiger partial charge >= 0.3 is 12.4 Å². The highest BCUT2D eigenvalue weighted by molar-refractivity contribution is 7.80. The molecule has 0 aliphatic rings. The fourth-order valence-corrected chi connectivity index (χ4v) is 3.55. The molecule has 2 heterocycles.